The van der Waals surface area contributed by atoms with Gasteiger partial charge >= 0.3 is 0 Å². The van der Waals surface area contributed by atoms with Crippen molar-refractivity contribution in [3.63, 3.8) is 0 Å². The summed E-state index contributed by atoms with van der Waals surface area (Å²) >= 11 is 0. The quantitative estimate of drug-likeness (QED) is 0.809. The maximum absolute atomic E-state index is 12.5. The molecule has 1 unspecified atom stereocenters. The summed E-state index contributed by atoms with van der Waals surface area (Å²) in [6.45, 7) is 2.68. The van der Waals surface area contributed by atoms with Crippen LogP contribution in [0.15, 0.2) is 29.2 Å². The van der Waals surface area contributed by atoms with E-state index in [2.05, 4.69) is 0 Å². The molecule has 1 heterocycles. The standard InChI is InChI=1S/C12H14N2O3S/c1-10-14(7-4-8-17-10)18(15,16)12-6-3-2-5-11(12)9-13/h2-3,5-6,10H,4,7-8H2,1H3. The fraction of sp³-hybridized carbons (Fsp3) is 0.417. The zero-order chi connectivity index (χ0) is 13.2. The molecule has 0 aliphatic carbocycles. The van der Waals surface area contributed by atoms with Crippen molar-refractivity contribution in [3.8, 4) is 6.07 Å². The second-order valence-electron chi connectivity index (χ2n) is 4.05. The van der Waals surface area contributed by atoms with E-state index < -0.39 is 16.3 Å². The lowest BCUT2D eigenvalue weighted by molar-refractivity contribution is -0.0410. The Labute approximate surface area is 107 Å². The maximum atomic E-state index is 12.5. The number of nitrogens with zero attached hydrogens (tertiary/aromatic N) is 2. The second kappa shape index (κ2) is 5.06. The molecule has 1 aliphatic heterocycles. The molecule has 0 N–H and O–H groups in total. The number of rotatable bonds is 2. The number of benzene rings is 1. The maximum Gasteiger partial charge on any atom is 0.246 e. The van der Waals surface area contributed by atoms with E-state index in [4.69, 9.17) is 10.00 Å². The Bertz CT molecular complexity index is 577. The Morgan fingerprint density at radius 1 is 1.44 bits per heavy atom. The molecular weight excluding hydrogens is 252 g/mol. The molecule has 1 aromatic carbocycles. The normalized spacial score (nSPS) is 21.4. The van der Waals surface area contributed by atoms with Crippen LogP contribution in [-0.2, 0) is 14.8 Å². The predicted octanol–water partition coefficient (Wildman–Crippen LogP) is 1.32. The van der Waals surface area contributed by atoms with E-state index in [0.29, 0.717) is 19.6 Å². The third kappa shape index (κ3) is 2.25. The first-order valence-electron chi connectivity index (χ1n) is 5.70. The molecule has 1 aromatic rings. The lowest BCUT2D eigenvalue weighted by Gasteiger charge is -2.32. The van der Waals surface area contributed by atoms with Gasteiger partial charge in [0, 0.05) is 13.2 Å². The average Bonchev–Trinajstić information content (AvgIpc) is 2.39. The summed E-state index contributed by atoms with van der Waals surface area (Å²) < 4.78 is 31.6. The Hall–Kier alpha value is -1.42. The summed E-state index contributed by atoms with van der Waals surface area (Å²) in [4.78, 5) is 0.0462. The molecule has 1 atom stereocenters. The van der Waals surface area contributed by atoms with E-state index in [-0.39, 0.29) is 10.5 Å². The van der Waals surface area contributed by atoms with Crippen molar-refractivity contribution in [2.24, 2.45) is 0 Å². The molecule has 0 amide bonds. The monoisotopic (exact) mass is 266 g/mol. The minimum atomic E-state index is -3.67. The number of ether oxygens (including phenoxy) is 1. The van der Waals surface area contributed by atoms with E-state index >= 15 is 0 Å². The van der Waals surface area contributed by atoms with Crippen molar-refractivity contribution in [1.29, 1.82) is 5.26 Å². The van der Waals surface area contributed by atoms with Gasteiger partial charge in [-0.05, 0) is 25.5 Å². The van der Waals surface area contributed by atoms with E-state index in [0.717, 1.165) is 0 Å². The van der Waals surface area contributed by atoms with Gasteiger partial charge in [-0.25, -0.2) is 8.42 Å². The first-order chi connectivity index (χ1) is 8.57. The summed E-state index contributed by atoms with van der Waals surface area (Å²) in [7, 11) is -3.67. The van der Waals surface area contributed by atoms with Crippen molar-refractivity contribution >= 4 is 10.0 Å². The molecule has 18 heavy (non-hydrogen) atoms. The van der Waals surface area contributed by atoms with Gasteiger partial charge in [0.1, 0.15) is 17.2 Å². The molecule has 0 radical (unpaired) electrons. The van der Waals surface area contributed by atoms with E-state index in [1.807, 2.05) is 6.07 Å². The highest BCUT2D eigenvalue weighted by atomic mass is 32.2. The van der Waals surface area contributed by atoms with Crippen LogP contribution in [0, 0.1) is 11.3 Å². The average molecular weight is 266 g/mol. The SMILES string of the molecule is CC1OCCCN1S(=O)(=O)c1ccccc1C#N. The van der Waals surface area contributed by atoms with Gasteiger partial charge in [0.2, 0.25) is 10.0 Å². The molecule has 0 spiro atoms. The topological polar surface area (TPSA) is 70.4 Å². The van der Waals surface area contributed by atoms with Crippen LogP contribution in [0.2, 0.25) is 0 Å². The fourth-order valence-electron chi connectivity index (χ4n) is 1.97. The zero-order valence-corrected chi connectivity index (χ0v) is 10.9. The third-order valence-corrected chi connectivity index (χ3v) is 4.89. The highest BCUT2D eigenvalue weighted by molar-refractivity contribution is 7.89. The molecule has 0 saturated carbocycles. The minimum Gasteiger partial charge on any atom is -0.362 e. The van der Waals surface area contributed by atoms with Gasteiger partial charge in [0.15, 0.2) is 0 Å². The molecule has 0 aromatic heterocycles. The van der Waals surface area contributed by atoms with Crippen LogP contribution in [0.3, 0.4) is 0 Å². The summed E-state index contributed by atoms with van der Waals surface area (Å²) in [6.07, 6.45) is 0.175. The van der Waals surface area contributed by atoms with Crippen LogP contribution in [0.1, 0.15) is 18.9 Å². The molecule has 1 saturated heterocycles. The predicted molar refractivity (Wildman–Crippen MR) is 65.1 cm³/mol. The molecule has 1 aliphatic rings. The Morgan fingerprint density at radius 2 is 2.17 bits per heavy atom. The zero-order valence-electron chi connectivity index (χ0n) is 10.0. The molecule has 5 nitrogen and oxygen atoms in total. The lowest BCUT2D eigenvalue weighted by atomic mass is 10.2. The smallest absolute Gasteiger partial charge is 0.246 e. The van der Waals surface area contributed by atoms with E-state index in [1.165, 1.54) is 16.4 Å². The van der Waals surface area contributed by atoms with Crippen molar-refractivity contribution in [2.45, 2.75) is 24.5 Å². The van der Waals surface area contributed by atoms with Gasteiger partial charge < -0.3 is 4.74 Å². The fourth-order valence-corrected chi connectivity index (χ4v) is 3.68. The van der Waals surface area contributed by atoms with Crippen molar-refractivity contribution in [1.82, 2.24) is 4.31 Å². The number of hydrogen-bond acceptors (Lipinski definition) is 4. The number of nitriles is 1. The summed E-state index contributed by atoms with van der Waals surface area (Å²) in [5.74, 6) is 0. The molecule has 96 valence electrons. The Balaban J connectivity index is 2.45. The Morgan fingerprint density at radius 3 is 2.83 bits per heavy atom. The van der Waals surface area contributed by atoms with Gasteiger partial charge in [-0.2, -0.15) is 9.57 Å². The third-order valence-electron chi connectivity index (χ3n) is 2.88. The first kappa shape index (κ1) is 13.0. The summed E-state index contributed by atoms with van der Waals surface area (Å²) in [5, 5.41) is 8.98. The molecule has 2 rings (SSSR count). The van der Waals surface area contributed by atoms with Gasteiger partial charge in [-0.15, -0.1) is 0 Å². The number of hydrogen-bond donors (Lipinski definition) is 0. The van der Waals surface area contributed by atoms with Crippen LogP contribution in [0.4, 0.5) is 0 Å². The van der Waals surface area contributed by atoms with Crippen LogP contribution in [-0.4, -0.2) is 32.1 Å². The lowest BCUT2D eigenvalue weighted by Crippen LogP contribution is -2.44. The Kier molecular flexibility index (Phi) is 3.66. The van der Waals surface area contributed by atoms with E-state index in [1.54, 1.807) is 19.1 Å². The highest BCUT2D eigenvalue weighted by Gasteiger charge is 2.33. The van der Waals surface area contributed by atoms with Crippen molar-refractivity contribution in [3.05, 3.63) is 29.8 Å². The molecule has 1 fully saturated rings. The summed E-state index contributed by atoms with van der Waals surface area (Å²) in [6, 6.07) is 8.13. The van der Waals surface area contributed by atoms with Crippen LogP contribution >= 0.6 is 0 Å². The number of sulfonamides is 1. The largest absolute Gasteiger partial charge is 0.362 e. The molecule has 0 bridgehead atoms. The van der Waals surface area contributed by atoms with Crippen LogP contribution in [0.25, 0.3) is 0 Å². The van der Waals surface area contributed by atoms with Crippen LogP contribution in [0.5, 0.6) is 0 Å². The highest BCUT2D eigenvalue weighted by Crippen LogP contribution is 2.24. The second-order valence-corrected chi connectivity index (χ2v) is 5.91. The van der Waals surface area contributed by atoms with Gasteiger partial charge in [-0.1, -0.05) is 12.1 Å². The summed E-state index contributed by atoms with van der Waals surface area (Å²) in [5.41, 5.74) is 0.162. The van der Waals surface area contributed by atoms with Gasteiger partial charge in [0.05, 0.1) is 5.56 Å². The van der Waals surface area contributed by atoms with Gasteiger partial charge in [-0.3, -0.25) is 0 Å². The minimum absolute atomic E-state index is 0.0462. The van der Waals surface area contributed by atoms with E-state index in [9.17, 15) is 8.42 Å². The van der Waals surface area contributed by atoms with Crippen molar-refractivity contribution < 1.29 is 13.2 Å². The molecule has 6 heteroatoms. The molecular formula is C12H14N2O3S. The first-order valence-corrected chi connectivity index (χ1v) is 7.14. The van der Waals surface area contributed by atoms with Crippen LogP contribution < -0.4 is 0 Å². The van der Waals surface area contributed by atoms with Gasteiger partial charge in [0.25, 0.3) is 0 Å². The van der Waals surface area contributed by atoms with Crippen molar-refractivity contribution in [2.75, 3.05) is 13.2 Å².